The number of benzene rings is 1. The predicted molar refractivity (Wildman–Crippen MR) is 80.6 cm³/mol. The van der Waals surface area contributed by atoms with Crippen molar-refractivity contribution in [3.8, 4) is 5.75 Å². The third kappa shape index (κ3) is 3.06. The Balaban J connectivity index is 1.62. The highest BCUT2D eigenvalue weighted by molar-refractivity contribution is 9.10. The van der Waals surface area contributed by atoms with E-state index in [0.29, 0.717) is 22.1 Å². The molecule has 0 radical (unpaired) electrons. The Kier molecular flexibility index (Phi) is 4.17. The predicted octanol–water partition coefficient (Wildman–Crippen LogP) is 2.03. The molecule has 1 amide bonds. The number of likely N-dealkylation sites (tertiary alicyclic amines) is 1. The summed E-state index contributed by atoms with van der Waals surface area (Å²) in [6.07, 6.45) is -0.571. The Hall–Kier alpha value is -1.14. The Morgan fingerprint density at radius 2 is 2.10 bits per heavy atom. The van der Waals surface area contributed by atoms with Gasteiger partial charge in [0, 0.05) is 26.2 Å². The van der Waals surface area contributed by atoms with Gasteiger partial charge in [-0.25, -0.2) is 4.39 Å². The monoisotopic (exact) mass is 356 g/mol. The van der Waals surface area contributed by atoms with Gasteiger partial charge in [0.2, 0.25) is 0 Å². The minimum Gasteiger partial charge on any atom is -0.480 e. The number of fused-ring (bicyclic) bond motifs is 1. The van der Waals surface area contributed by atoms with Crippen LogP contribution >= 0.6 is 15.9 Å². The van der Waals surface area contributed by atoms with E-state index in [1.807, 2.05) is 4.90 Å². The van der Waals surface area contributed by atoms with Gasteiger partial charge in [0.15, 0.2) is 6.10 Å². The van der Waals surface area contributed by atoms with Crippen molar-refractivity contribution in [3.63, 3.8) is 0 Å². The van der Waals surface area contributed by atoms with Crippen LogP contribution in [0.5, 0.6) is 5.75 Å². The number of carbonyl (C=O) groups is 1. The Morgan fingerprint density at radius 1 is 1.43 bits per heavy atom. The van der Waals surface area contributed by atoms with Crippen molar-refractivity contribution in [2.24, 2.45) is 11.8 Å². The summed E-state index contributed by atoms with van der Waals surface area (Å²) in [7, 11) is 0. The molecule has 0 saturated carbocycles. The zero-order valence-electron chi connectivity index (χ0n) is 11.8. The van der Waals surface area contributed by atoms with Crippen LogP contribution in [0.4, 0.5) is 4.39 Å². The fourth-order valence-electron chi connectivity index (χ4n) is 3.10. The summed E-state index contributed by atoms with van der Waals surface area (Å²) < 4.78 is 19.2. The maximum Gasteiger partial charge on any atom is 0.263 e. The normalized spacial score (nSPS) is 25.8. The topological polar surface area (TPSA) is 41.6 Å². The summed E-state index contributed by atoms with van der Waals surface area (Å²) in [6, 6.07) is 4.19. The number of amides is 1. The van der Waals surface area contributed by atoms with Crippen LogP contribution in [-0.4, -0.2) is 43.1 Å². The van der Waals surface area contributed by atoms with E-state index in [1.165, 1.54) is 18.2 Å². The lowest BCUT2D eigenvalue weighted by molar-refractivity contribution is -0.137. The van der Waals surface area contributed by atoms with Gasteiger partial charge in [0.1, 0.15) is 11.6 Å². The molecule has 1 aromatic rings. The van der Waals surface area contributed by atoms with Crippen LogP contribution < -0.4 is 10.1 Å². The second kappa shape index (κ2) is 5.93. The second-order valence-electron chi connectivity index (χ2n) is 5.76. The summed E-state index contributed by atoms with van der Waals surface area (Å²) in [5.41, 5.74) is 0. The quantitative estimate of drug-likeness (QED) is 0.900. The van der Waals surface area contributed by atoms with Crippen molar-refractivity contribution in [1.82, 2.24) is 10.2 Å². The first-order chi connectivity index (χ1) is 10.0. The first kappa shape index (κ1) is 14.8. The van der Waals surface area contributed by atoms with Crippen molar-refractivity contribution in [1.29, 1.82) is 0 Å². The molecule has 4 nitrogen and oxygen atoms in total. The molecule has 1 aromatic carbocycles. The lowest BCUT2D eigenvalue weighted by Gasteiger charge is -2.23. The molecular formula is C15H18BrFN2O2. The first-order valence-corrected chi connectivity index (χ1v) is 7.95. The second-order valence-corrected chi connectivity index (χ2v) is 6.61. The maximum atomic E-state index is 13.1. The number of rotatable bonds is 3. The van der Waals surface area contributed by atoms with Gasteiger partial charge in [-0.15, -0.1) is 0 Å². The van der Waals surface area contributed by atoms with Crippen LogP contribution in [0.2, 0.25) is 0 Å². The van der Waals surface area contributed by atoms with Crippen LogP contribution in [0.1, 0.15) is 6.92 Å². The third-order valence-corrected chi connectivity index (χ3v) is 4.87. The van der Waals surface area contributed by atoms with Crippen molar-refractivity contribution >= 4 is 21.8 Å². The van der Waals surface area contributed by atoms with Crippen LogP contribution in [0, 0.1) is 17.7 Å². The number of hydrogen-bond donors (Lipinski definition) is 1. The van der Waals surface area contributed by atoms with Gasteiger partial charge in [0.25, 0.3) is 5.91 Å². The van der Waals surface area contributed by atoms with E-state index in [9.17, 15) is 9.18 Å². The zero-order chi connectivity index (χ0) is 15.0. The number of nitrogens with zero attached hydrogens (tertiary/aromatic N) is 1. The van der Waals surface area contributed by atoms with Gasteiger partial charge < -0.3 is 15.0 Å². The minimum atomic E-state index is -0.571. The highest BCUT2D eigenvalue weighted by atomic mass is 79.9. The lowest BCUT2D eigenvalue weighted by atomic mass is 10.0. The van der Waals surface area contributed by atoms with E-state index < -0.39 is 6.10 Å². The van der Waals surface area contributed by atoms with Gasteiger partial charge in [-0.1, -0.05) is 0 Å². The van der Waals surface area contributed by atoms with E-state index in [0.717, 1.165) is 26.2 Å². The molecule has 0 spiro atoms. The number of nitrogens with one attached hydrogen (secondary N) is 1. The first-order valence-electron chi connectivity index (χ1n) is 7.16. The van der Waals surface area contributed by atoms with Gasteiger partial charge in [0.05, 0.1) is 4.47 Å². The largest absolute Gasteiger partial charge is 0.480 e. The Morgan fingerprint density at radius 3 is 2.71 bits per heavy atom. The number of carbonyl (C=O) groups excluding carboxylic acids is 1. The fraction of sp³-hybridized carbons (Fsp3) is 0.533. The molecule has 2 fully saturated rings. The van der Waals surface area contributed by atoms with Crippen molar-refractivity contribution in [3.05, 3.63) is 28.5 Å². The summed E-state index contributed by atoms with van der Waals surface area (Å²) in [4.78, 5) is 14.3. The van der Waals surface area contributed by atoms with Crippen molar-refractivity contribution in [2.45, 2.75) is 13.0 Å². The molecule has 2 saturated heterocycles. The van der Waals surface area contributed by atoms with E-state index in [2.05, 4.69) is 21.2 Å². The Bertz CT molecular complexity index is 542. The van der Waals surface area contributed by atoms with Crippen LogP contribution in [0.25, 0.3) is 0 Å². The summed E-state index contributed by atoms with van der Waals surface area (Å²) in [5.74, 6) is 1.28. The number of hydrogen-bond acceptors (Lipinski definition) is 3. The Labute approximate surface area is 131 Å². The third-order valence-electron chi connectivity index (χ3n) is 4.25. The zero-order valence-corrected chi connectivity index (χ0v) is 13.4. The highest BCUT2D eigenvalue weighted by Crippen LogP contribution is 2.29. The number of halogens is 2. The molecule has 0 aromatic heterocycles. The highest BCUT2D eigenvalue weighted by Gasteiger charge is 2.39. The van der Waals surface area contributed by atoms with E-state index in [-0.39, 0.29) is 11.7 Å². The van der Waals surface area contributed by atoms with Gasteiger partial charge in [-0.3, -0.25) is 4.79 Å². The van der Waals surface area contributed by atoms with Crippen LogP contribution in [0.3, 0.4) is 0 Å². The molecule has 3 rings (SSSR count). The van der Waals surface area contributed by atoms with E-state index in [1.54, 1.807) is 6.92 Å². The molecule has 2 heterocycles. The molecule has 0 bridgehead atoms. The van der Waals surface area contributed by atoms with Gasteiger partial charge in [-0.2, -0.15) is 0 Å². The fourth-order valence-corrected chi connectivity index (χ4v) is 3.55. The minimum absolute atomic E-state index is 0.000579. The molecule has 6 heteroatoms. The van der Waals surface area contributed by atoms with E-state index >= 15 is 0 Å². The molecular weight excluding hydrogens is 339 g/mol. The standard InChI is InChI=1S/C15H18BrFN2O2/c1-9(21-14-3-2-12(17)4-13(14)16)15(20)19-7-10-5-18-6-11(10)8-19/h2-4,9-11,18H,5-8H2,1H3/t9?,10-,11+. The summed E-state index contributed by atoms with van der Waals surface area (Å²) in [5, 5.41) is 3.35. The van der Waals surface area contributed by atoms with E-state index in [4.69, 9.17) is 4.74 Å². The molecule has 3 atom stereocenters. The molecule has 2 aliphatic rings. The molecule has 21 heavy (non-hydrogen) atoms. The summed E-state index contributed by atoms with van der Waals surface area (Å²) >= 11 is 3.25. The van der Waals surface area contributed by atoms with Gasteiger partial charge in [-0.05, 0) is 52.9 Å². The number of ether oxygens (including phenoxy) is 1. The van der Waals surface area contributed by atoms with Crippen LogP contribution in [-0.2, 0) is 4.79 Å². The molecule has 0 aliphatic carbocycles. The average Bonchev–Trinajstić information content (AvgIpc) is 3.01. The lowest BCUT2D eigenvalue weighted by Crippen LogP contribution is -2.40. The summed E-state index contributed by atoms with van der Waals surface area (Å²) in [6.45, 7) is 5.33. The molecule has 1 N–H and O–H groups in total. The van der Waals surface area contributed by atoms with Crippen LogP contribution in [0.15, 0.2) is 22.7 Å². The SMILES string of the molecule is CC(Oc1ccc(F)cc1Br)C(=O)N1C[C@H]2CNC[C@H]2C1. The van der Waals surface area contributed by atoms with Crippen molar-refractivity contribution in [2.75, 3.05) is 26.2 Å². The smallest absolute Gasteiger partial charge is 0.263 e. The molecule has 1 unspecified atom stereocenters. The van der Waals surface area contributed by atoms with Gasteiger partial charge >= 0.3 is 0 Å². The average molecular weight is 357 g/mol. The van der Waals surface area contributed by atoms with Crippen molar-refractivity contribution < 1.29 is 13.9 Å². The molecule has 114 valence electrons. The maximum absolute atomic E-state index is 13.1. The molecule has 2 aliphatic heterocycles.